The van der Waals surface area contributed by atoms with Crippen molar-refractivity contribution in [2.24, 2.45) is 44.8 Å². The Hall–Kier alpha value is -0.520. The quantitative estimate of drug-likeness (QED) is 0.187. The van der Waals surface area contributed by atoms with Crippen molar-refractivity contribution < 1.29 is 64.5 Å². The van der Waals surface area contributed by atoms with Crippen LogP contribution in [0.3, 0.4) is 0 Å². The van der Waals surface area contributed by atoms with Gasteiger partial charge in [0.2, 0.25) is 0 Å². The summed E-state index contributed by atoms with van der Waals surface area (Å²) < 4.78 is 30.8. The lowest BCUT2D eigenvalue weighted by Crippen LogP contribution is -2.64. The van der Waals surface area contributed by atoms with Crippen LogP contribution in [0.4, 0.5) is 0 Å². The van der Waals surface area contributed by atoms with Crippen LogP contribution in [-0.4, -0.2) is 139 Å². The maximum atomic E-state index is 12.4. The fourth-order valence-corrected chi connectivity index (χ4v) is 14.7. The minimum Gasteiger partial charge on any atom is -0.393 e. The van der Waals surface area contributed by atoms with Gasteiger partial charge in [-0.15, -0.1) is 0 Å². The van der Waals surface area contributed by atoms with Crippen molar-refractivity contribution in [2.75, 3.05) is 13.2 Å². The summed E-state index contributed by atoms with van der Waals surface area (Å²) in [4.78, 5) is 0. The molecular weight excluding hydrogens is 688 g/mol. The number of fused-ring (bicyclic) bond motifs is 2. The molecule has 8 fully saturated rings. The Labute approximate surface area is 313 Å². The minimum atomic E-state index is -1.60. The first-order valence-corrected chi connectivity index (χ1v) is 20.3. The minimum absolute atomic E-state index is 0.0406. The molecule has 13 heteroatoms. The second-order valence-electron chi connectivity index (χ2n) is 20.6. The van der Waals surface area contributed by atoms with Crippen molar-refractivity contribution >= 4 is 0 Å². The third-order valence-electron chi connectivity index (χ3n) is 17.3. The highest BCUT2D eigenvalue weighted by molar-refractivity contribution is 5.33. The Kier molecular flexibility index (Phi) is 9.27. The average molecular weight is 755 g/mol. The molecule has 3 aliphatic heterocycles. The molecule has 3 saturated heterocycles. The summed E-state index contributed by atoms with van der Waals surface area (Å²) in [6, 6.07) is 0. The predicted molar refractivity (Wildman–Crippen MR) is 188 cm³/mol. The number of aliphatic hydroxyl groups excluding tert-OH is 8. The lowest BCUT2D eigenvalue weighted by Gasteiger charge is -2.65. The summed E-state index contributed by atoms with van der Waals surface area (Å²) in [5.41, 5.74) is -2.29. The summed E-state index contributed by atoms with van der Waals surface area (Å²) >= 11 is 0. The zero-order valence-corrected chi connectivity index (χ0v) is 32.6. The average Bonchev–Trinajstić information content (AvgIpc) is 3.66. The summed E-state index contributed by atoms with van der Waals surface area (Å²) in [5, 5.41) is 87.4. The first kappa shape index (κ1) is 39.3. The first-order chi connectivity index (χ1) is 24.6. The van der Waals surface area contributed by atoms with Crippen LogP contribution >= 0.6 is 0 Å². The van der Waals surface area contributed by atoms with E-state index >= 15 is 0 Å². The molecule has 3 heterocycles. The lowest BCUT2D eigenvalue weighted by atomic mass is 9.41. The second-order valence-corrected chi connectivity index (χ2v) is 20.6. The van der Waals surface area contributed by atoms with Crippen LogP contribution in [0.1, 0.15) is 106 Å². The molecule has 13 nitrogen and oxygen atoms in total. The van der Waals surface area contributed by atoms with Gasteiger partial charge in [0.05, 0.1) is 48.8 Å². The SMILES string of the molecule is CC1(C)O[C@@](C)([C@H]2[C@@H](O)C[C@@]3(C)[C@@H]4C[C@H](O)[C@H]5C(C)(C)[C@@H](O[C@@H]6OC[C@@H](O)[C@H](O)[C@H]6O[C@@H]6OC[C@H](O)[C@H](O)[C@H]6O)CC[C@]56C[C@@]46CC[C@]23C)CC[C@@H]1O. The maximum absolute atomic E-state index is 12.4. The van der Waals surface area contributed by atoms with Crippen molar-refractivity contribution in [3.63, 3.8) is 0 Å². The number of aliphatic hydroxyl groups is 8. The van der Waals surface area contributed by atoms with Crippen LogP contribution < -0.4 is 0 Å². The van der Waals surface area contributed by atoms with Gasteiger partial charge in [0.15, 0.2) is 12.6 Å². The van der Waals surface area contributed by atoms with E-state index in [4.69, 9.17) is 23.7 Å². The standard InChI is InChI=1S/C40H66O13/c1-34(2)25(51-33-29(27(47)22(44)17-50-33)52-32-28(48)26(46)21(43)16-49-32)9-11-40-18-39(40)13-12-36(5)31(38(7)10-8-24(45)35(3,4)53-38)20(42)15-37(36,6)23(39)14-19(41)30(34)40/h19-33,41-48H,8-18H2,1-7H3/t19-,20-,21-,22+,23-,24-,25-,26-,27-,28+,29+,30-,31-,32-,33-,36+,37-,38+,39-,40-/m0/s1. The van der Waals surface area contributed by atoms with Gasteiger partial charge in [-0.25, -0.2) is 0 Å². The van der Waals surface area contributed by atoms with E-state index in [1.54, 1.807) is 0 Å². The van der Waals surface area contributed by atoms with Crippen molar-refractivity contribution in [1.29, 1.82) is 0 Å². The molecule has 2 spiro atoms. The van der Waals surface area contributed by atoms with Crippen molar-refractivity contribution in [3.8, 4) is 0 Å². The smallest absolute Gasteiger partial charge is 0.186 e. The third kappa shape index (κ3) is 5.35. The highest BCUT2D eigenvalue weighted by atomic mass is 16.7. The van der Waals surface area contributed by atoms with E-state index in [1.165, 1.54) is 0 Å². The van der Waals surface area contributed by atoms with E-state index in [0.717, 1.165) is 25.7 Å². The molecule has 0 aromatic rings. The van der Waals surface area contributed by atoms with Gasteiger partial charge in [-0.3, -0.25) is 0 Å². The molecule has 53 heavy (non-hydrogen) atoms. The predicted octanol–water partition coefficient (Wildman–Crippen LogP) is 1.36. The fraction of sp³-hybridized carbons (Fsp3) is 1.00. The summed E-state index contributed by atoms with van der Waals surface area (Å²) in [5.74, 6) is 0.0630. The Balaban J connectivity index is 1.03. The maximum Gasteiger partial charge on any atom is 0.186 e. The fourth-order valence-electron chi connectivity index (χ4n) is 14.7. The molecule has 0 aromatic heterocycles. The number of hydrogen-bond donors (Lipinski definition) is 8. The van der Waals surface area contributed by atoms with Gasteiger partial charge in [-0.05, 0) is 117 Å². The van der Waals surface area contributed by atoms with Crippen molar-refractivity contribution in [3.05, 3.63) is 0 Å². The van der Waals surface area contributed by atoms with Gasteiger partial charge in [-0.1, -0.05) is 27.7 Å². The Bertz CT molecular complexity index is 1410. The molecule has 20 atom stereocenters. The summed E-state index contributed by atoms with van der Waals surface area (Å²) in [6.07, 6.45) is -5.82. The topological polar surface area (TPSA) is 208 Å². The van der Waals surface area contributed by atoms with Crippen LogP contribution in [0.2, 0.25) is 0 Å². The summed E-state index contributed by atoms with van der Waals surface area (Å²) in [7, 11) is 0. The van der Waals surface area contributed by atoms with Gasteiger partial charge in [0.1, 0.15) is 36.6 Å². The zero-order chi connectivity index (χ0) is 38.5. The van der Waals surface area contributed by atoms with E-state index in [9.17, 15) is 40.9 Å². The highest BCUT2D eigenvalue weighted by Crippen LogP contribution is 2.89. The molecule has 8 N–H and O–H groups in total. The molecule has 5 aliphatic carbocycles. The molecule has 304 valence electrons. The van der Waals surface area contributed by atoms with Gasteiger partial charge >= 0.3 is 0 Å². The van der Waals surface area contributed by atoms with E-state index in [0.29, 0.717) is 32.1 Å². The van der Waals surface area contributed by atoms with Crippen LogP contribution in [-0.2, 0) is 23.7 Å². The number of rotatable bonds is 5. The van der Waals surface area contributed by atoms with Gasteiger partial charge in [-0.2, -0.15) is 0 Å². The Morgan fingerprint density at radius 3 is 1.92 bits per heavy atom. The van der Waals surface area contributed by atoms with Gasteiger partial charge in [0.25, 0.3) is 0 Å². The van der Waals surface area contributed by atoms with Crippen molar-refractivity contribution in [2.45, 2.75) is 191 Å². The molecule has 5 saturated carbocycles. The molecular formula is C40H66O13. The Morgan fingerprint density at radius 2 is 1.25 bits per heavy atom. The molecule has 0 aromatic carbocycles. The highest BCUT2D eigenvalue weighted by Gasteiger charge is 2.85. The van der Waals surface area contributed by atoms with Crippen LogP contribution in [0.15, 0.2) is 0 Å². The molecule has 0 radical (unpaired) electrons. The number of hydrogen-bond acceptors (Lipinski definition) is 13. The molecule has 8 rings (SSSR count). The molecule has 0 unspecified atom stereocenters. The normalized spacial score (nSPS) is 59.9. The van der Waals surface area contributed by atoms with Gasteiger partial charge < -0.3 is 64.5 Å². The van der Waals surface area contributed by atoms with E-state index in [-0.39, 0.29) is 52.6 Å². The monoisotopic (exact) mass is 754 g/mol. The van der Waals surface area contributed by atoms with Crippen LogP contribution in [0.25, 0.3) is 0 Å². The van der Waals surface area contributed by atoms with Crippen molar-refractivity contribution in [1.82, 2.24) is 0 Å². The molecule has 0 bridgehead atoms. The molecule has 0 amide bonds. The third-order valence-corrected chi connectivity index (χ3v) is 17.3. The Morgan fingerprint density at radius 1 is 0.585 bits per heavy atom. The van der Waals surface area contributed by atoms with E-state index < -0.39 is 90.2 Å². The molecule has 8 aliphatic rings. The zero-order valence-electron chi connectivity index (χ0n) is 32.6. The first-order valence-electron chi connectivity index (χ1n) is 20.3. The summed E-state index contributed by atoms with van der Waals surface area (Å²) in [6.45, 7) is 14.6. The van der Waals surface area contributed by atoms with E-state index in [1.807, 2.05) is 13.8 Å². The second kappa shape index (κ2) is 12.5. The lowest BCUT2D eigenvalue weighted by molar-refractivity contribution is -0.356. The largest absolute Gasteiger partial charge is 0.393 e. The van der Waals surface area contributed by atoms with E-state index in [2.05, 4.69) is 34.6 Å². The van der Waals surface area contributed by atoms with Crippen LogP contribution in [0.5, 0.6) is 0 Å². The van der Waals surface area contributed by atoms with Crippen LogP contribution in [0, 0.1) is 44.8 Å². The van der Waals surface area contributed by atoms with Gasteiger partial charge in [0, 0.05) is 5.92 Å². The number of ether oxygens (including phenoxy) is 5.